The average Bonchev–Trinajstić information content (AvgIpc) is 2.37. The summed E-state index contributed by atoms with van der Waals surface area (Å²) >= 11 is 0. The molecule has 2 rings (SSSR count). The van der Waals surface area contributed by atoms with E-state index >= 15 is 0 Å². The minimum absolute atomic E-state index is 0.274. The lowest BCUT2D eigenvalue weighted by atomic mass is 10.0. The van der Waals surface area contributed by atoms with E-state index in [1.54, 1.807) is 45.4 Å². The Hall–Kier alpha value is -1.82. The normalized spacial score (nSPS) is 21.0. The Labute approximate surface area is 118 Å². The van der Waals surface area contributed by atoms with Crippen LogP contribution >= 0.6 is 0 Å². The van der Waals surface area contributed by atoms with E-state index in [-0.39, 0.29) is 6.61 Å². The lowest BCUT2D eigenvalue weighted by Gasteiger charge is -2.20. The Balaban J connectivity index is 2.73. The van der Waals surface area contributed by atoms with Crippen molar-refractivity contribution in [2.75, 3.05) is 20.0 Å². The zero-order chi connectivity index (χ0) is 14.9. The molecule has 0 spiro atoms. The summed E-state index contributed by atoms with van der Waals surface area (Å²) in [7, 11) is -1.00. The first-order valence-electron chi connectivity index (χ1n) is 6.19. The fourth-order valence-corrected chi connectivity index (χ4v) is 3.78. The summed E-state index contributed by atoms with van der Waals surface area (Å²) in [6, 6.07) is 5.09. The molecular weight excluding hydrogens is 278 g/mol. The van der Waals surface area contributed by atoms with E-state index < -0.39 is 15.7 Å². The maximum Gasteiger partial charge on any atom is 0.340 e. The Morgan fingerprint density at radius 2 is 2.10 bits per heavy atom. The molecule has 5 nitrogen and oxygen atoms in total. The van der Waals surface area contributed by atoms with Crippen molar-refractivity contribution in [1.82, 2.24) is 0 Å². The third-order valence-electron chi connectivity index (χ3n) is 3.02. The van der Waals surface area contributed by atoms with Gasteiger partial charge in [-0.25, -0.2) is 9.00 Å². The third kappa shape index (κ3) is 2.43. The summed E-state index contributed by atoms with van der Waals surface area (Å²) in [5.74, 6) is 0.133. The fraction of sp³-hybridized carbons (Fsp3) is 0.357. The smallest absolute Gasteiger partial charge is 0.340 e. The molecule has 0 bridgehead atoms. The number of hydrogen-bond acceptors (Lipinski definition) is 5. The zero-order valence-electron chi connectivity index (χ0n) is 11.9. The van der Waals surface area contributed by atoms with E-state index in [1.165, 1.54) is 0 Å². The topological polar surface area (TPSA) is 65.0 Å². The van der Waals surface area contributed by atoms with Gasteiger partial charge in [0, 0.05) is 11.8 Å². The molecule has 108 valence electrons. The highest BCUT2D eigenvalue weighted by Crippen LogP contribution is 2.36. The summed E-state index contributed by atoms with van der Waals surface area (Å²) in [4.78, 5) is 12.6. The third-order valence-corrected chi connectivity index (χ3v) is 4.81. The van der Waals surface area contributed by atoms with Crippen molar-refractivity contribution in [3.63, 3.8) is 0 Å². The van der Waals surface area contributed by atoms with Crippen LogP contribution in [0.5, 0.6) is 5.75 Å². The van der Waals surface area contributed by atoms with Gasteiger partial charge in [0.15, 0.2) is 0 Å². The minimum Gasteiger partial charge on any atom is -0.497 e. The first-order chi connectivity index (χ1) is 9.40. The average molecular weight is 295 g/mol. The number of fused-ring (bicyclic) bond motifs is 1. The quantitative estimate of drug-likeness (QED) is 0.803. The van der Waals surface area contributed by atoms with Gasteiger partial charge >= 0.3 is 5.97 Å². The maximum absolute atomic E-state index is 12.6. The van der Waals surface area contributed by atoms with Crippen molar-refractivity contribution in [2.24, 2.45) is 4.36 Å². The second-order valence-electron chi connectivity index (χ2n) is 4.44. The van der Waals surface area contributed by atoms with Gasteiger partial charge in [-0.15, -0.1) is 0 Å². The van der Waals surface area contributed by atoms with Crippen LogP contribution < -0.4 is 4.74 Å². The van der Waals surface area contributed by atoms with E-state index in [9.17, 15) is 9.00 Å². The van der Waals surface area contributed by atoms with Gasteiger partial charge in [0.1, 0.15) is 5.75 Å². The largest absolute Gasteiger partial charge is 0.497 e. The molecule has 0 fully saturated rings. The van der Waals surface area contributed by atoms with Crippen LogP contribution in [0.3, 0.4) is 0 Å². The van der Waals surface area contributed by atoms with Crippen LogP contribution in [0.4, 0.5) is 0 Å². The molecule has 0 aromatic heterocycles. The standard InChI is InChI=1S/C14H17NO4S/c1-5-19-14(16)13-9(2)15-20(4,17)12-7-6-10(18-3)8-11(12)13/h6-8H,5H2,1-4H3. The number of ether oxygens (including phenoxy) is 2. The summed E-state index contributed by atoms with van der Waals surface area (Å²) in [6.45, 7) is 3.68. The van der Waals surface area contributed by atoms with Crippen molar-refractivity contribution in [3.8, 4) is 5.75 Å². The van der Waals surface area contributed by atoms with Gasteiger partial charge in [-0.3, -0.25) is 0 Å². The van der Waals surface area contributed by atoms with Gasteiger partial charge in [-0.2, -0.15) is 4.36 Å². The van der Waals surface area contributed by atoms with Crippen LogP contribution in [0.15, 0.2) is 33.2 Å². The van der Waals surface area contributed by atoms with Crippen LogP contribution in [0.25, 0.3) is 5.57 Å². The second-order valence-corrected chi connectivity index (χ2v) is 6.66. The van der Waals surface area contributed by atoms with E-state index in [1.807, 2.05) is 0 Å². The number of esters is 1. The first-order valence-corrected chi connectivity index (χ1v) is 8.11. The molecule has 1 aliphatic heterocycles. The number of hydrogen-bond donors (Lipinski definition) is 0. The predicted octanol–water partition coefficient (Wildman–Crippen LogP) is 2.46. The summed E-state index contributed by atoms with van der Waals surface area (Å²) in [5.41, 5.74) is 1.35. The molecule has 1 heterocycles. The van der Waals surface area contributed by atoms with Crippen LogP contribution in [-0.4, -0.2) is 30.2 Å². The van der Waals surface area contributed by atoms with Crippen molar-refractivity contribution in [3.05, 3.63) is 29.5 Å². The molecule has 1 aliphatic rings. The fourth-order valence-electron chi connectivity index (χ4n) is 2.17. The molecule has 0 saturated heterocycles. The van der Waals surface area contributed by atoms with Crippen LogP contribution in [0, 0.1) is 0 Å². The van der Waals surface area contributed by atoms with Gasteiger partial charge in [0.2, 0.25) is 0 Å². The lowest BCUT2D eigenvalue weighted by Crippen LogP contribution is -2.15. The van der Waals surface area contributed by atoms with Gasteiger partial charge in [-0.1, -0.05) is 0 Å². The van der Waals surface area contributed by atoms with Crippen molar-refractivity contribution >= 4 is 21.3 Å². The minimum atomic E-state index is -2.54. The Morgan fingerprint density at radius 3 is 2.70 bits per heavy atom. The van der Waals surface area contributed by atoms with Gasteiger partial charge in [-0.05, 0) is 32.0 Å². The molecule has 1 aromatic carbocycles. The molecular formula is C14H17NO4S. The van der Waals surface area contributed by atoms with Crippen LogP contribution in [0.2, 0.25) is 0 Å². The van der Waals surface area contributed by atoms with E-state index in [0.29, 0.717) is 27.5 Å². The highest BCUT2D eigenvalue weighted by atomic mass is 32.2. The number of allylic oxidation sites excluding steroid dienone is 1. The maximum atomic E-state index is 12.6. The lowest BCUT2D eigenvalue weighted by molar-refractivity contribution is -0.136. The van der Waals surface area contributed by atoms with Crippen molar-refractivity contribution in [2.45, 2.75) is 18.7 Å². The molecule has 0 radical (unpaired) electrons. The Kier molecular flexibility index (Phi) is 3.85. The molecule has 1 atom stereocenters. The number of methoxy groups -OCH3 is 1. The van der Waals surface area contributed by atoms with Crippen LogP contribution in [0.1, 0.15) is 19.4 Å². The summed E-state index contributed by atoms with van der Waals surface area (Å²) < 4.78 is 27.0. The van der Waals surface area contributed by atoms with E-state index in [2.05, 4.69) is 4.36 Å². The SMILES string of the molecule is CCOC(=O)C1=C(C)N=S(C)(=O)c2ccc(OC)cc21. The van der Waals surface area contributed by atoms with Gasteiger partial charge in [0.05, 0.1) is 39.6 Å². The number of nitrogens with zero attached hydrogens (tertiary/aromatic N) is 1. The number of rotatable bonds is 3. The molecule has 1 unspecified atom stereocenters. The van der Waals surface area contributed by atoms with Crippen molar-refractivity contribution < 1.29 is 18.5 Å². The molecule has 0 amide bonds. The van der Waals surface area contributed by atoms with Gasteiger partial charge in [0.25, 0.3) is 0 Å². The molecule has 20 heavy (non-hydrogen) atoms. The molecule has 0 aliphatic carbocycles. The summed E-state index contributed by atoms with van der Waals surface area (Å²) in [5, 5.41) is 0. The molecule has 0 saturated carbocycles. The summed E-state index contributed by atoms with van der Waals surface area (Å²) in [6.07, 6.45) is 1.56. The molecule has 6 heteroatoms. The van der Waals surface area contributed by atoms with Gasteiger partial charge < -0.3 is 9.47 Å². The van der Waals surface area contributed by atoms with E-state index in [0.717, 1.165) is 0 Å². The Morgan fingerprint density at radius 1 is 1.40 bits per heavy atom. The van der Waals surface area contributed by atoms with E-state index in [4.69, 9.17) is 9.47 Å². The zero-order valence-corrected chi connectivity index (χ0v) is 12.7. The first kappa shape index (κ1) is 14.6. The van der Waals surface area contributed by atoms with Crippen LogP contribution in [-0.2, 0) is 19.3 Å². The Bertz CT molecular complexity index is 712. The monoisotopic (exact) mass is 295 g/mol. The number of benzene rings is 1. The predicted molar refractivity (Wildman–Crippen MR) is 77.0 cm³/mol. The number of carbonyl (C=O) groups excluding carboxylic acids is 1. The highest BCUT2D eigenvalue weighted by Gasteiger charge is 2.28. The molecule has 0 N–H and O–H groups in total. The second kappa shape index (κ2) is 5.28. The molecule has 1 aromatic rings. The van der Waals surface area contributed by atoms with Crippen molar-refractivity contribution in [1.29, 1.82) is 0 Å². The number of carbonyl (C=O) groups is 1. The highest BCUT2D eigenvalue weighted by molar-refractivity contribution is 7.93.